The Morgan fingerprint density at radius 1 is 1.50 bits per heavy atom. The zero-order valence-electron chi connectivity index (χ0n) is 8.07. The highest BCUT2D eigenvalue weighted by molar-refractivity contribution is 7.99. The lowest BCUT2D eigenvalue weighted by Crippen LogP contribution is -2.36. The van der Waals surface area contributed by atoms with Crippen LogP contribution in [0.2, 0.25) is 0 Å². The zero-order valence-corrected chi connectivity index (χ0v) is 8.88. The van der Waals surface area contributed by atoms with Crippen molar-refractivity contribution in [2.24, 2.45) is 5.84 Å². The molecule has 0 aliphatic rings. The molecule has 0 spiro atoms. The molecule has 0 saturated heterocycles. The second kappa shape index (κ2) is 5.67. The molecule has 1 amide bonds. The van der Waals surface area contributed by atoms with Crippen molar-refractivity contribution < 1.29 is 4.79 Å². The van der Waals surface area contributed by atoms with Crippen molar-refractivity contribution in [1.82, 2.24) is 5.43 Å². The molecule has 3 nitrogen and oxygen atoms in total. The average Bonchev–Trinajstić information content (AvgIpc) is 2.26. The molecule has 0 bridgehead atoms. The van der Waals surface area contributed by atoms with E-state index >= 15 is 0 Å². The maximum Gasteiger partial charge on any atom is 0.246 e. The van der Waals surface area contributed by atoms with Crippen LogP contribution < -0.4 is 11.3 Å². The first-order chi connectivity index (χ1) is 6.74. The number of benzene rings is 1. The largest absolute Gasteiger partial charge is 0.293 e. The molecule has 0 aliphatic heterocycles. The number of hydrazine groups is 1. The molecule has 0 fully saturated rings. The van der Waals surface area contributed by atoms with Crippen molar-refractivity contribution in [1.29, 1.82) is 0 Å². The van der Waals surface area contributed by atoms with Crippen molar-refractivity contribution >= 4 is 17.7 Å². The number of rotatable bonds is 4. The van der Waals surface area contributed by atoms with E-state index in [-0.39, 0.29) is 11.2 Å². The molecule has 1 atom stereocenters. The summed E-state index contributed by atoms with van der Waals surface area (Å²) in [6, 6.07) is 10.0. The van der Waals surface area contributed by atoms with Crippen LogP contribution in [0.4, 0.5) is 0 Å². The lowest BCUT2D eigenvalue weighted by molar-refractivity contribution is -0.120. The van der Waals surface area contributed by atoms with Crippen molar-refractivity contribution in [3.63, 3.8) is 0 Å². The zero-order chi connectivity index (χ0) is 10.4. The molecule has 0 unspecified atom stereocenters. The summed E-state index contributed by atoms with van der Waals surface area (Å²) in [6.45, 7) is 1.84. The van der Waals surface area contributed by atoms with E-state index in [0.29, 0.717) is 0 Å². The number of nitrogens with two attached hydrogens (primary N) is 1. The summed E-state index contributed by atoms with van der Waals surface area (Å²) in [5, 5.41) is -0.111. The van der Waals surface area contributed by atoms with Gasteiger partial charge in [-0.15, -0.1) is 11.8 Å². The molecule has 0 radical (unpaired) electrons. The van der Waals surface area contributed by atoms with Crippen molar-refractivity contribution in [3.05, 3.63) is 35.9 Å². The van der Waals surface area contributed by atoms with Gasteiger partial charge in [0.15, 0.2) is 0 Å². The Hall–Kier alpha value is -1.00. The first-order valence-corrected chi connectivity index (χ1v) is 5.45. The van der Waals surface area contributed by atoms with E-state index in [9.17, 15) is 4.79 Å². The van der Waals surface area contributed by atoms with Gasteiger partial charge in [-0.25, -0.2) is 5.84 Å². The van der Waals surface area contributed by atoms with Gasteiger partial charge < -0.3 is 0 Å². The molecule has 3 N–H and O–H groups in total. The highest BCUT2D eigenvalue weighted by atomic mass is 32.2. The molecule has 1 aromatic rings. The van der Waals surface area contributed by atoms with Gasteiger partial charge in [-0.3, -0.25) is 10.2 Å². The normalized spacial score (nSPS) is 12.1. The number of hydrogen-bond acceptors (Lipinski definition) is 3. The van der Waals surface area contributed by atoms with Crippen LogP contribution in [-0.4, -0.2) is 11.2 Å². The fraction of sp³-hybridized carbons (Fsp3) is 0.300. The van der Waals surface area contributed by atoms with Crippen molar-refractivity contribution in [2.75, 3.05) is 0 Å². The topological polar surface area (TPSA) is 55.1 Å². The number of carbonyl (C=O) groups is 1. The summed E-state index contributed by atoms with van der Waals surface area (Å²) in [4.78, 5) is 11.1. The number of amides is 1. The quantitative estimate of drug-likeness (QED) is 0.447. The van der Waals surface area contributed by atoms with Crippen LogP contribution in [0.15, 0.2) is 30.3 Å². The number of carbonyl (C=O) groups excluding carboxylic acids is 1. The van der Waals surface area contributed by atoms with Crippen LogP contribution in [0, 0.1) is 0 Å². The minimum atomic E-state index is -0.133. The van der Waals surface area contributed by atoms with Gasteiger partial charge in [-0.1, -0.05) is 30.3 Å². The fourth-order valence-electron chi connectivity index (χ4n) is 0.989. The highest BCUT2D eigenvalue weighted by Gasteiger charge is 2.10. The van der Waals surface area contributed by atoms with Crippen LogP contribution in [0.25, 0.3) is 0 Å². The molecule has 0 aliphatic carbocycles. The maximum atomic E-state index is 11.1. The molecule has 14 heavy (non-hydrogen) atoms. The molecular weight excluding hydrogens is 196 g/mol. The predicted molar refractivity (Wildman–Crippen MR) is 59.5 cm³/mol. The van der Waals surface area contributed by atoms with Crippen LogP contribution in [0.5, 0.6) is 0 Å². The summed E-state index contributed by atoms with van der Waals surface area (Å²) < 4.78 is 0. The van der Waals surface area contributed by atoms with Gasteiger partial charge in [-0.05, 0) is 12.5 Å². The van der Waals surface area contributed by atoms with E-state index in [0.717, 1.165) is 5.75 Å². The fourth-order valence-corrected chi connectivity index (χ4v) is 1.84. The van der Waals surface area contributed by atoms with Crippen molar-refractivity contribution in [2.45, 2.75) is 17.9 Å². The minimum Gasteiger partial charge on any atom is -0.293 e. The summed E-state index contributed by atoms with van der Waals surface area (Å²) in [7, 11) is 0. The first kappa shape index (κ1) is 11.1. The van der Waals surface area contributed by atoms with E-state index in [1.54, 1.807) is 11.8 Å². The Kier molecular flexibility index (Phi) is 4.49. The Balaban J connectivity index is 2.38. The van der Waals surface area contributed by atoms with Gasteiger partial charge in [0.25, 0.3) is 0 Å². The molecule has 1 aromatic carbocycles. The van der Waals surface area contributed by atoms with Gasteiger partial charge in [0.2, 0.25) is 5.91 Å². The third-order valence-corrected chi connectivity index (χ3v) is 3.07. The van der Waals surface area contributed by atoms with Gasteiger partial charge in [0.05, 0.1) is 5.25 Å². The lowest BCUT2D eigenvalue weighted by atomic mass is 10.2. The predicted octanol–water partition coefficient (Wildman–Crippen LogP) is 1.30. The first-order valence-electron chi connectivity index (χ1n) is 4.40. The van der Waals surface area contributed by atoms with Gasteiger partial charge >= 0.3 is 0 Å². The van der Waals surface area contributed by atoms with Crippen LogP contribution in [-0.2, 0) is 10.5 Å². The second-order valence-electron chi connectivity index (χ2n) is 2.95. The third-order valence-electron chi connectivity index (χ3n) is 1.85. The third kappa shape index (κ3) is 3.40. The number of hydrogen-bond donors (Lipinski definition) is 2. The van der Waals surface area contributed by atoms with E-state index in [4.69, 9.17) is 5.84 Å². The van der Waals surface area contributed by atoms with Gasteiger partial charge in [0.1, 0.15) is 0 Å². The monoisotopic (exact) mass is 210 g/mol. The van der Waals surface area contributed by atoms with E-state index in [2.05, 4.69) is 5.43 Å². The van der Waals surface area contributed by atoms with E-state index < -0.39 is 0 Å². The molecule has 0 heterocycles. The van der Waals surface area contributed by atoms with E-state index in [1.807, 2.05) is 37.3 Å². The molecule has 76 valence electrons. The lowest BCUT2D eigenvalue weighted by Gasteiger charge is -2.08. The second-order valence-corrected chi connectivity index (χ2v) is 4.28. The van der Waals surface area contributed by atoms with Gasteiger partial charge in [-0.2, -0.15) is 0 Å². The molecule has 1 rings (SSSR count). The van der Waals surface area contributed by atoms with Gasteiger partial charge in [0, 0.05) is 5.75 Å². The Morgan fingerprint density at radius 3 is 2.71 bits per heavy atom. The van der Waals surface area contributed by atoms with Crippen LogP contribution in [0.3, 0.4) is 0 Å². The highest BCUT2D eigenvalue weighted by Crippen LogP contribution is 2.17. The molecule has 0 saturated carbocycles. The summed E-state index contributed by atoms with van der Waals surface area (Å²) in [5.74, 6) is 5.72. The molecular formula is C10H14N2OS. The standard InChI is InChI=1S/C10H14N2OS/c1-8(10(13)12-11)14-7-9-5-3-2-4-6-9/h2-6,8H,7,11H2,1H3,(H,12,13)/t8-/m0/s1. The summed E-state index contributed by atoms with van der Waals surface area (Å²) >= 11 is 1.57. The van der Waals surface area contributed by atoms with E-state index in [1.165, 1.54) is 5.56 Å². The summed E-state index contributed by atoms with van der Waals surface area (Å²) in [5.41, 5.74) is 3.36. The number of nitrogens with one attached hydrogen (secondary N) is 1. The Morgan fingerprint density at radius 2 is 2.14 bits per heavy atom. The smallest absolute Gasteiger partial charge is 0.246 e. The van der Waals surface area contributed by atoms with Crippen molar-refractivity contribution in [3.8, 4) is 0 Å². The average molecular weight is 210 g/mol. The SMILES string of the molecule is C[C@H](SCc1ccccc1)C(=O)NN. The molecule has 0 aromatic heterocycles. The van der Waals surface area contributed by atoms with Crippen LogP contribution >= 0.6 is 11.8 Å². The Bertz CT molecular complexity index is 289. The Labute approximate surface area is 88.0 Å². The maximum absolute atomic E-state index is 11.1. The molecule has 4 heteroatoms. The minimum absolute atomic E-state index is 0.111. The number of thioether (sulfide) groups is 1. The summed E-state index contributed by atoms with van der Waals surface area (Å²) in [6.07, 6.45) is 0. The van der Waals surface area contributed by atoms with Crippen LogP contribution in [0.1, 0.15) is 12.5 Å².